The van der Waals surface area contributed by atoms with Gasteiger partial charge in [-0.05, 0) is 74.5 Å². The standard InChI is InChI=1S/C24H38N4OS/c1-15-14-28(21(29)24-10-16-7-17(11-24)9-18(8-16)12-24)6-5-19(15)13-25-22-27-26-20(30-22)23(2,3)4/h15-19H,5-14H2,1-4H3,(H,25,27). The molecule has 1 aliphatic heterocycles. The van der Waals surface area contributed by atoms with Crippen LogP contribution in [0.4, 0.5) is 5.13 Å². The van der Waals surface area contributed by atoms with Gasteiger partial charge in [-0.2, -0.15) is 0 Å². The smallest absolute Gasteiger partial charge is 0.228 e. The highest BCUT2D eigenvalue weighted by atomic mass is 32.1. The number of hydrogen-bond acceptors (Lipinski definition) is 5. The number of hydrogen-bond donors (Lipinski definition) is 1. The van der Waals surface area contributed by atoms with Gasteiger partial charge in [-0.25, -0.2) is 0 Å². The molecule has 4 saturated carbocycles. The first kappa shape index (κ1) is 20.7. The Kier molecular flexibility index (Phi) is 5.15. The first-order valence-electron chi connectivity index (χ1n) is 12.1. The Labute approximate surface area is 185 Å². The summed E-state index contributed by atoms with van der Waals surface area (Å²) in [6.45, 7) is 11.6. The van der Waals surface area contributed by atoms with Crippen molar-refractivity contribution in [1.82, 2.24) is 15.1 Å². The fraction of sp³-hybridized carbons (Fsp3) is 0.875. The molecule has 4 bridgehead atoms. The molecule has 1 N–H and O–H groups in total. The van der Waals surface area contributed by atoms with E-state index in [4.69, 9.17) is 0 Å². The van der Waals surface area contributed by atoms with E-state index in [1.807, 2.05) is 0 Å². The molecule has 5 fully saturated rings. The Hall–Kier alpha value is -1.17. The normalized spacial score (nSPS) is 38.1. The van der Waals surface area contributed by atoms with Crippen LogP contribution in [0, 0.1) is 35.0 Å². The molecule has 166 valence electrons. The largest absolute Gasteiger partial charge is 0.360 e. The minimum atomic E-state index is 0.00940. The van der Waals surface area contributed by atoms with Crippen molar-refractivity contribution in [2.75, 3.05) is 25.0 Å². The van der Waals surface area contributed by atoms with E-state index >= 15 is 0 Å². The second-order valence-electron chi connectivity index (χ2n) is 12.0. The van der Waals surface area contributed by atoms with Gasteiger partial charge in [-0.1, -0.05) is 39.0 Å². The molecule has 6 heteroatoms. The van der Waals surface area contributed by atoms with Crippen LogP contribution in [0.3, 0.4) is 0 Å². The zero-order chi connectivity index (χ0) is 21.1. The number of likely N-dealkylation sites (tertiary alicyclic amines) is 1. The average molecular weight is 431 g/mol. The van der Waals surface area contributed by atoms with Crippen molar-refractivity contribution in [2.45, 2.75) is 78.1 Å². The van der Waals surface area contributed by atoms with Gasteiger partial charge < -0.3 is 10.2 Å². The quantitative estimate of drug-likeness (QED) is 0.734. The third kappa shape index (κ3) is 3.78. The van der Waals surface area contributed by atoms with Crippen LogP contribution in [-0.2, 0) is 10.2 Å². The molecule has 0 aromatic carbocycles. The number of amides is 1. The van der Waals surface area contributed by atoms with Gasteiger partial charge >= 0.3 is 0 Å². The van der Waals surface area contributed by atoms with Gasteiger partial charge in [0, 0.05) is 25.0 Å². The highest BCUT2D eigenvalue weighted by Crippen LogP contribution is 2.60. The predicted octanol–water partition coefficient (Wildman–Crippen LogP) is 4.95. The molecule has 1 aromatic rings. The fourth-order valence-corrected chi connectivity index (χ4v) is 8.01. The lowest BCUT2D eigenvalue weighted by atomic mass is 9.49. The van der Waals surface area contributed by atoms with Gasteiger partial charge in [0.15, 0.2) is 0 Å². The van der Waals surface area contributed by atoms with Gasteiger partial charge in [0.2, 0.25) is 11.0 Å². The monoisotopic (exact) mass is 430 g/mol. The second-order valence-corrected chi connectivity index (χ2v) is 13.0. The van der Waals surface area contributed by atoms with E-state index in [2.05, 4.69) is 48.1 Å². The molecule has 5 aliphatic rings. The van der Waals surface area contributed by atoms with E-state index in [9.17, 15) is 4.79 Å². The number of aromatic nitrogens is 2. The summed E-state index contributed by atoms with van der Waals surface area (Å²) in [5, 5.41) is 14.2. The first-order chi connectivity index (χ1) is 14.2. The summed E-state index contributed by atoms with van der Waals surface area (Å²) in [4.78, 5) is 15.9. The lowest BCUT2D eigenvalue weighted by Gasteiger charge is -2.57. The van der Waals surface area contributed by atoms with Crippen molar-refractivity contribution < 1.29 is 4.79 Å². The highest BCUT2D eigenvalue weighted by molar-refractivity contribution is 7.15. The van der Waals surface area contributed by atoms with E-state index in [-0.39, 0.29) is 10.8 Å². The molecular formula is C24H38N4OS. The van der Waals surface area contributed by atoms with E-state index in [1.165, 1.54) is 38.5 Å². The number of rotatable bonds is 4. The maximum atomic E-state index is 13.7. The second kappa shape index (κ2) is 7.46. The molecular weight excluding hydrogens is 392 g/mol. The maximum Gasteiger partial charge on any atom is 0.228 e. The van der Waals surface area contributed by atoms with Crippen molar-refractivity contribution in [3.8, 4) is 0 Å². The van der Waals surface area contributed by atoms with E-state index in [0.29, 0.717) is 17.7 Å². The summed E-state index contributed by atoms with van der Waals surface area (Å²) in [6, 6.07) is 0. The molecule has 5 nitrogen and oxygen atoms in total. The van der Waals surface area contributed by atoms with Gasteiger partial charge in [0.1, 0.15) is 5.01 Å². The van der Waals surface area contributed by atoms with Crippen LogP contribution >= 0.6 is 11.3 Å². The number of carbonyl (C=O) groups is 1. The molecule has 0 spiro atoms. The summed E-state index contributed by atoms with van der Waals surface area (Å²) < 4.78 is 0. The number of piperidine rings is 1. The molecule has 1 amide bonds. The summed E-state index contributed by atoms with van der Waals surface area (Å²) in [5.74, 6) is 4.14. The zero-order valence-corrected chi connectivity index (χ0v) is 19.9. The SMILES string of the molecule is CC1CN(C(=O)C23CC4CC(CC(C4)C2)C3)CCC1CNc1nnc(C(C)(C)C)s1. The molecule has 6 rings (SSSR count). The van der Waals surface area contributed by atoms with E-state index in [1.54, 1.807) is 11.3 Å². The van der Waals surface area contributed by atoms with Gasteiger partial charge in [-0.15, -0.1) is 10.2 Å². The Balaban J connectivity index is 1.17. The van der Waals surface area contributed by atoms with Crippen LogP contribution < -0.4 is 5.32 Å². The Bertz CT molecular complexity index is 762. The van der Waals surface area contributed by atoms with Crippen molar-refractivity contribution >= 4 is 22.4 Å². The lowest BCUT2D eigenvalue weighted by Crippen LogP contribution is -2.56. The van der Waals surface area contributed by atoms with E-state index < -0.39 is 0 Å². The molecule has 2 unspecified atom stereocenters. The van der Waals surface area contributed by atoms with Crippen molar-refractivity contribution in [3.63, 3.8) is 0 Å². The summed E-state index contributed by atoms with van der Waals surface area (Å²) in [5.41, 5.74) is 0.0588. The number of anilines is 1. The molecule has 1 aromatic heterocycles. The van der Waals surface area contributed by atoms with Gasteiger partial charge in [0.25, 0.3) is 0 Å². The van der Waals surface area contributed by atoms with Gasteiger partial charge in [0.05, 0.1) is 5.41 Å². The number of nitrogens with one attached hydrogen (secondary N) is 1. The summed E-state index contributed by atoms with van der Waals surface area (Å²) in [6.07, 6.45) is 8.84. The van der Waals surface area contributed by atoms with Crippen LogP contribution in [0.1, 0.15) is 77.6 Å². The van der Waals surface area contributed by atoms with Crippen LogP contribution in [0.25, 0.3) is 0 Å². The van der Waals surface area contributed by atoms with Gasteiger partial charge in [-0.3, -0.25) is 4.79 Å². The Morgan fingerprint density at radius 3 is 2.30 bits per heavy atom. The Morgan fingerprint density at radius 1 is 1.13 bits per heavy atom. The molecule has 1 saturated heterocycles. The third-order valence-electron chi connectivity index (χ3n) is 8.44. The predicted molar refractivity (Wildman–Crippen MR) is 122 cm³/mol. The Morgan fingerprint density at radius 2 is 1.77 bits per heavy atom. The van der Waals surface area contributed by atoms with Crippen molar-refractivity contribution in [1.29, 1.82) is 0 Å². The van der Waals surface area contributed by atoms with E-state index in [0.717, 1.165) is 53.9 Å². The molecule has 0 radical (unpaired) electrons. The minimum absolute atomic E-state index is 0.00940. The fourth-order valence-electron chi connectivity index (χ4n) is 7.21. The summed E-state index contributed by atoms with van der Waals surface area (Å²) in [7, 11) is 0. The van der Waals surface area contributed by atoms with Crippen molar-refractivity contribution in [2.24, 2.45) is 35.0 Å². The summed E-state index contributed by atoms with van der Waals surface area (Å²) >= 11 is 1.67. The minimum Gasteiger partial charge on any atom is -0.360 e. The molecule has 2 heterocycles. The topological polar surface area (TPSA) is 58.1 Å². The first-order valence-corrected chi connectivity index (χ1v) is 12.9. The number of nitrogens with zero attached hydrogens (tertiary/aromatic N) is 3. The third-order valence-corrected chi connectivity index (χ3v) is 9.75. The van der Waals surface area contributed by atoms with Crippen LogP contribution in [0.15, 0.2) is 0 Å². The zero-order valence-electron chi connectivity index (χ0n) is 19.1. The number of carbonyl (C=O) groups excluding carboxylic acids is 1. The maximum absolute atomic E-state index is 13.7. The van der Waals surface area contributed by atoms with Crippen LogP contribution in [-0.4, -0.2) is 40.6 Å². The van der Waals surface area contributed by atoms with Crippen LogP contribution in [0.5, 0.6) is 0 Å². The van der Waals surface area contributed by atoms with Crippen molar-refractivity contribution in [3.05, 3.63) is 5.01 Å². The molecule has 4 aliphatic carbocycles. The lowest BCUT2D eigenvalue weighted by molar-refractivity contribution is -0.160. The molecule has 2 atom stereocenters. The van der Waals surface area contributed by atoms with Crippen LogP contribution in [0.2, 0.25) is 0 Å². The highest BCUT2D eigenvalue weighted by Gasteiger charge is 2.55. The average Bonchev–Trinajstić information content (AvgIpc) is 3.15. The molecule has 30 heavy (non-hydrogen) atoms.